The lowest BCUT2D eigenvalue weighted by atomic mass is 9.81. The van der Waals surface area contributed by atoms with Crippen LogP contribution in [0.4, 0.5) is 0 Å². The first kappa shape index (κ1) is 34.3. The fraction of sp³-hybridized carbons (Fsp3) is 0.0943. The number of allylic oxidation sites excluding steroid dienone is 1. The fourth-order valence-electron chi connectivity index (χ4n) is 8.38. The van der Waals surface area contributed by atoms with Gasteiger partial charge in [-0.15, -0.1) is 0 Å². The van der Waals surface area contributed by atoms with Crippen LogP contribution < -0.4 is 11.1 Å². The van der Waals surface area contributed by atoms with Crippen molar-refractivity contribution in [3.05, 3.63) is 222 Å². The molecule has 0 fully saturated rings. The number of nitrogens with one attached hydrogen (secondary N) is 1. The molecule has 9 rings (SSSR count). The maximum atomic E-state index is 6.83. The minimum absolute atomic E-state index is 0.0856. The zero-order valence-electron chi connectivity index (χ0n) is 31.3. The van der Waals surface area contributed by atoms with E-state index in [0.717, 1.165) is 23.2 Å². The van der Waals surface area contributed by atoms with Crippen molar-refractivity contribution in [2.45, 2.75) is 31.8 Å². The van der Waals surface area contributed by atoms with Gasteiger partial charge in [0, 0.05) is 11.1 Å². The Balaban J connectivity index is 1.09. The van der Waals surface area contributed by atoms with Gasteiger partial charge >= 0.3 is 0 Å². The van der Waals surface area contributed by atoms with Crippen LogP contribution in [0.5, 0.6) is 0 Å². The van der Waals surface area contributed by atoms with Gasteiger partial charge in [0.1, 0.15) is 6.17 Å². The lowest BCUT2D eigenvalue weighted by Gasteiger charge is -2.22. The second kappa shape index (κ2) is 14.4. The van der Waals surface area contributed by atoms with Crippen molar-refractivity contribution in [2.24, 2.45) is 5.73 Å². The van der Waals surface area contributed by atoms with Crippen molar-refractivity contribution in [1.29, 1.82) is 0 Å². The number of hydrogen-bond acceptors (Lipinski definition) is 2. The van der Waals surface area contributed by atoms with Crippen LogP contribution in [-0.2, 0) is 11.8 Å². The number of nitrogens with two attached hydrogens (primary N) is 1. The van der Waals surface area contributed by atoms with E-state index >= 15 is 0 Å². The topological polar surface area (TPSA) is 38.0 Å². The van der Waals surface area contributed by atoms with Crippen LogP contribution in [0.3, 0.4) is 0 Å². The molecule has 2 heteroatoms. The van der Waals surface area contributed by atoms with E-state index in [2.05, 4.69) is 195 Å². The molecule has 2 nitrogen and oxygen atoms in total. The molecular formula is C53H44N2. The average Bonchev–Trinajstić information content (AvgIpc) is 3.47. The zero-order valence-corrected chi connectivity index (χ0v) is 31.3. The van der Waals surface area contributed by atoms with Gasteiger partial charge in [0.05, 0.1) is 0 Å². The Morgan fingerprint density at radius 1 is 0.527 bits per heavy atom. The number of rotatable bonds is 9. The lowest BCUT2D eigenvalue weighted by molar-refractivity contribution is 0.661. The molecule has 55 heavy (non-hydrogen) atoms. The van der Waals surface area contributed by atoms with Crippen LogP contribution in [0, 0.1) is 0 Å². The number of hydrogen-bond donors (Lipinski definition) is 2. The summed E-state index contributed by atoms with van der Waals surface area (Å²) < 4.78 is 0. The Labute approximate surface area is 324 Å². The third-order valence-electron chi connectivity index (χ3n) is 11.3. The maximum Gasteiger partial charge on any atom is 0.101 e. The second-order valence-corrected chi connectivity index (χ2v) is 15.1. The highest BCUT2D eigenvalue weighted by atomic mass is 15.0. The molecule has 1 aliphatic rings. The summed E-state index contributed by atoms with van der Waals surface area (Å²) >= 11 is 0. The zero-order chi connectivity index (χ0) is 37.4. The molecule has 0 aromatic heterocycles. The van der Waals surface area contributed by atoms with Gasteiger partial charge in [0.25, 0.3) is 0 Å². The predicted octanol–water partition coefficient (Wildman–Crippen LogP) is 13.0. The van der Waals surface area contributed by atoms with Crippen LogP contribution in [0.15, 0.2) is 194 Å². The molecule has 0 radical (unpaired) electrons. The van der Waals surface area contributed by atoms with E-state index in [9.17, 15) is 0 Å². The SMILES string of the molecule is CC1(C)c2cc3ccccc3cc2-c2c(-c3ccc(/C(=C/Cc4ccc(-c5ccccc5)c(-c5ccccc5)c4)NC(N)c4ccccc4)cc3)cccc21. The Bertz CT molecular complexity index is 2660. The third-order valence-corrected chi connectivity index (χ3v) is 11.3. The lowest BCUT2D eigenvalue weighted by Crippen LogP contribution is -2.27. The quantitative estimate of drug-likeness (QED) is 0.147. The summed E-state index contributed by atoms with van der Waals surface area (Å²) in [7, 11) is 0. The molecule has 1 unspecified atom stereocenters. The summed E-state index contributed by atoms with van der Waals surface area (Å²) in [6.45, 7) is 4.71. The van der Waals surface area contributed by atoms with E-state index in [-0.39, 0.29) is 11.6 Å². The first-order valence-corrected chi connectivity index (χ1v) is 19.2. The van der Waals surface area contributed by atoms with Gasteiger partial charge < -0.3 is 11.1 Å². The Morgan fingerprint density at radius 2 is 1.13 bits per heavy atom. The van der Waals surface area contributed by atoms with Gasteiger partial charge in [-0.1, -0.05) is 196 Å². The van der Waals surface area contributed by atoms with Crippen molar-refractivity contribution >= 4 is 16.5 Å². The second-order valence-electron chi connectivity index (χ2n) is 15.1. The highest BCUT2D eigenvalue weighted by Crippen LogP contribution is 2.53. The molecular weight excluding hydrogens is 665 g/mol. The predicted molar refractivity (Wildman–Crippen MR) is 232 cm³/mol. The molecule has 1 aliphatic carbocycles. The molecule has 8 aromatic rings. The summed E-state index contributed by atoms with van der Waals surface area (Å²) in [5.74, 6) is 0. The first-order chi connectivity index (χ1) is 26.9. The molecule has 0 heterocycles. The molecule has 0 aliphatic heterocycles. The Kier molecular flexibility index (Phi) is 8.98. The maximum absolute atomic E-state index is 6.83. The fourth-order valence-corrected chi connectivity index (χ4v) is 8.38. The highest BCUT2D eigenvalue weighted by molar-refractivity contribution is 5.98. The molecule has 0 saturated carbocycles. The van der Waals surface area contributed by atoms with E-state index in [4.69, 9.17) is 5.73 Å². The van der Waals surface area contributed by atoms with Crippen molar-refractivity contribution in [1.82, 2.24) is 5.32 Å². The molecule has 1 atom stereocenters. The van der Waals surface area contributed by atoms with E-state index in [1.54, 1.807) is 0 Å². The molecule has 0 spiro atoms. The average molecular weight is 709 g/mol. The van der Waals surface area contributed by atoms with E-state index < -0.39 is 0 Å². The standard InChI is InChI=1S/C53H44N2/c1-53(2)48-24-14-23-45(51(48)47-34-42-21-12-13-22-43(42)35-49(47)53)39-27-29-40(30-28-39)50(55-52(54)41-19-10-5-11-20-41)32-26-36-25-31-44(37-15-6-3-7-16-37)46(33-36)38-17-8-4-9-18-38/h3-25,27-35,52,55H,26,54H2,1-2H3/b50-32-. The summed E-state index contributed by atoms with van der Waals surface area (Å²) in [6.07, 6.45) is 2.67. The molecule has 0 bridgehead atoms. The molecule has 0 amide bonds. The smallest absolute Gasteiger partial charge is 0.101 e. The van der Waals surface area contributed by atoms with Crippen LogP contribution in [0.2, 0.25) is 0 Å². The van der Waals surface area contributed by atoms with Crippen molar-refractivity contribution < 1.29 is 0 Å². The molecule has 266 valence electrons. The van der Waals surface area contributed by atoms with Gasteiger partial charge in [-0.25, -0.2) is 0 Å². The van der Waals surface area contributed by atoms with Gasteiger partial charge in [-0.2, -0.15) is 0 Å². The summed E-state index contributed by atoms with van der Waals surface area (Å²) in [4.78, 5) is 0. The van der Waals surface area contributed by atoms with E-state index in [1.807, 2.05) is 18.2 Å². The Hall–Kier alpha value is -6.48. The normalized spacial score (nSPS) is 13.6. The van der Waals surface area contributed by atoms with Gasteiger partial charge in [0.15, 0.2) is 0 Å². The van der Waals surface area contributed by atoms with Crippen LogP contribution in [0.25, 0.3) is 61.0 Å². The number of fused-ring (bicyclic) bond motifs is 4. The third kappa shape index (κ3) is 6.56. The minimum atomic E-state index is -0.363. The molecule has 8 aromatic carbocycles. The van der Waals surface area contributed by atoms with Crippen molar-refractivity contribution in [3.63, 3.8) is 0 Å². The van der Waals surface area contributed by atoms with Crippen molar-refractivity contribution in [3.8, 4) is 44.5 Å². The Morgan fingerprint density at radius 3 is 1.82 bits per heavy atom. The van der Waals surface area contributed by atoms with Gasteiger partial charge in [-0.3, -0.25) is 0 Å². The van der Waals surface area contributed by atoms with E-state index in [0.29, 0.717) is 0 Å². The van der Waals surface area contributed by atoms with Gasteiger partial charge in [-0.05, 0) is 102 Å². The van der Waals surface area contributed by atoms with Crippen molar-refractivity contribution in [2.75, 3.05) is 0 Å². The van der Waals surface area contributed by atoms with Gasteiger partial charge in [0.2, 0.25) is 0 Å². The summed E-state index contributed by atoms with van der Waals surface area (Å²) in [6, 6.07) is 67.7. The largest absolute Gasteiger partial charge is 0.366 e. The monoisotopic (exact) mass is 708 g/mol. The van der Waals surface area contributed by atoms with Crippen LogP contribution in [0.1, 0.15) is 47.8 Å². The highest BCUT2D eigenvalue weighted by Gasteiger charge is 2.37. The number of benzene rings is 8. The molecule has 0 saturated heterocycles. The summed E-state index contributed by atoms with van der Waals surface area (Å²) in [5, 5.41) is 6.25. The minimum Gasteiger partial charge on any atom is -0.366 e. The summed E-state index contributed by atoms with van der Waals surface area (Å²) in [5.41, 5.74) is 23.9. The first-order valence-electron chi connectivity index (χ1n) is 19.2. The van der Waals surface area contributed by atoms with Crippen LogP contribution in [-0.4, -0.2) is 0 Å². The van der Waals surface area contributed by atoms with E-state index in [1.165, 1.54) is 72.0 Å². The van der Waals surface area contributed by atoms with Crippen LogP contribution >= 0.6 is 0 Å². The molecule has 3 N–H and O–H groups in total.